The van der Waals surface area contributed by atoms with Gasteiger partial charge in [0, 0.05) is 5.69 Å². The summed E-state index contributed by atoms with van der Waals surface area (Å²) in [5.41, 5.74) is -0.662. The first-order valence-corrected chi connectivity index (χ1v) is 7.51. The Morgan fingerprint density at radius 3 is 2.36 bits per heavy atom. The topological polar surface area (TPSA) is 92.7 Å². The minimum absolute atomic E-state index is 0.0329. The molecule has 0 atom stereocenters. The second kappa shape index (κ2) is 6.02. The highest BCUT2D eigenvalue weighted by Gasteiger charge is 2.17. The van der Waals surface area contributed by atoms with E-state index >= 15 is 0 Å². The molecule has 2 aromatic carbocycles. The second-order valence-electron chi connectivity index (χ2n) is 4.28. The van der Waals surface area contributed by atoms with E-state index in [9.17, 15) is 17.6 Å². The van der Waals surface area contributed by atoms with Crippen molar-refractivity contribution in [1.29, 1.82) is 0 Å². The zero-order chi connectivity index (χ0) is 16.3. The van der Waals surface area contributed by atoms with Crippen molar-refractivity contribution in [3.05, 3.63) is 53.8 Å². The fourth-order valence-electron chi connectivity index (χ4n) is 1.72. The van der Waals surface area contributed by atoms with Crippen molar-refractivity contribution in [2.24, 2.45) is 0 Å². The van der Waals surface area contributed by atoms with Crippen LogP contribution in [0.1, 0.15) is 10.4 Å². The molecule has 6 nitrogen and oxygen atoms in total. The van der Waals surface area contributed by atoms with Crippen molar-refractivity contribution in [2.75, 3.05) is 11.8 Å². The fourth-order valence-corrected chi connectivity index (χ4v) is 2.77. The third-order valence-electron chi connectivity index (χ3n) is 2.82. The Labute approximate surface area is 126 Å². The Balaban J connectivity index is 2.32. The van der Waals surface area contributed by atoms with Gasteiger partial charge in [-0.1, -0.05) is 0 Å². The van der Waals surface area contributed by atoms with Gasteiger partial charge in [0.1, 0.15) is 11.6 Å². The van der Waals surface area contributed by atoms with E-state index in [0.717, 1.165) is 18.2 Å². The number of carboxylic acids is 1. The number of sulfonamides is 1. The highest BCUT2D eigenvalue weighted by Crippen LogP contribution is 2.21. The average molecular weight is 325 g/mol. The molecule has 0 aliphatic carbocycles. The monoisotopic (exact) mass is 325 g/mol. The average Bonchev–Trinajstić information content (AvgIpc) is 2.48. The predicted molar refractivity (Wildman–Crippen MR) is 77.2 cm³/mol. The number of anilines is 1. The van der Waals surface area contributed by atoms with Crippen LogP contribution < -0.4 is 9.46 Å². The molecular weight excluding hydrogens is 313 g/mol. The molecule has 0 bridgehead atoms. The van der Waals surface area contributed by atoms with E-state index in [1.54, 1.807) is 0 Å². The molecule has 116 valence electrons. The summed E-state index contributed by atoms with van der Waals surface area (Å²) >= 11 is 0. The number of ether oxygens (including phenoxy) is 1. The van der Waals surface area contributed by atoms with Crippen molar-refractivity contribution in [3.8, 4) is 5.75 Å². The molecule has 0 aliphatic rings. The number of hydrogen-bond acceptors (Lipinski definition) is 4. The number of carbonyl (C=O) groups is 1. The van der Waals surface area contributed by atoms with Gasteiger partial charge >= 0.3 is 5.97 Å². The number of benzene rings is 2. The zero-order valence-electron chi connectivity index (χ0n) is 11.4. The summed E-state index contributed by atoms with van der Waals surface area (Å²) in [6, 6.07) is 8.56. The van der Waals surface area contributed by atoms with Crippen molar-refractivity contribution in [2.45, 2.75) is 4.90 Å². The molecule has 0 saturated carbocycles. The summed E-state index contributed by atoms with van der Waals surface area (Å²) in [7, 11) is -2.46. The summed E-state index contributed by atoms with van der Waals surface area (Å²) in [5, 5.41) is 8.83. The van der Waals surface area contributed by atoms with Crippen LogP contribution in [0, 0.1) is 5.82 Å². The number of halogens is 1. The van der Waals surface area contributed by atoms with Crippen molar-refractivity contribution < 1.29 is 27.4 Å². The minimum atomic E-state index is -3.91. The number of methoxy groups -OCH3 is 1. The van der Waals surface area contributed by atoms with Crippen LogP contribution in [0.5, 0.6) is 5.75 Å². The summed E-state index contributed by atoms with van der Waals surface area (Å²) in [4.78, 5) is 10.8. The maximum atomic E-state index is 13.3. The highest BCUT2D eigenvalue weighted by atomic mass is 32.2. The highest BCUT2D eigenvalue weighted by molar-refractivity contribution is 7.92. The van der Waals surface area contributed by atoms with E-state index in [4.69, 9.17) is 9.84 Å². The first kappa shape index (κ1) is 15.8. The molecule has 0 aromatic heterocycles. The van der Waals surface area contributed by atoms with Gasteiger partial charge in [-0.05, 0) is 42.5 Å². The lowest BCUT2D eigenvalue weighted by Crippen LogP contribution is -2.13. The van der Waals surface area contributed by atoms with Crippen molar-refractivity contribution in [3.63, 3.8) is 0 Å². The lowest BCUT2D eigenvalue weighted by atomic mass is 10.2. The molecule has 0 saturated heterocycles. The van der Waals surface area contributed by atoms with E-state index in [0.29, 0.717) is 5.75 Å². The SMILES string of the molecule is COc1ccc(S(=O)(=O)Nc2ccc(F)c(C(=O)O)c2)cc1. The van der Waals surface area contributed by atoms with Gasteiger partial charge < -0.3 is 9.84 Å². The molecule has 0 heterocycles. The number of aromatic carboxylic acids is 1. The van der Waals surface area contributed by atoms with E-state index in [-0.39, 0.29) is 10.6 Å². The summed E-state index contributed by atoms with van der Waals surface area (Å²) < 4.78 is 44.8. The van der Waals surface area contributed by atoms with E-state index in [1.165, 1.54) is 31.4 Å². The number of carboxylic acid groups (broad SMARTS) is 1. The lowest BCUT2D eigenvalue weighted by Gasteiger charge is -2.09. The van der Waals surface area contributed by atoms with Crippen LogP contribution in [0.4, 0.5) is 10.1 Å². The van der Waals surface area contributed by atoms with Crippen LogP contribution in [0.2, 0.25) is 0 Å². The molecule has 0 unspecified atom stereocenters. The third-order valence-corrected chi connectivity index (χ3v) is 4.22. The third kappa shape index (κ3) is 3.34. The summed E-state index contributed by atoms with van der Waals surface area (Å²) in [6.07, 6.45) is 0. The number of hydrogen-bond donors (Lipinski definition) is 2. The van der Waals surface area contributed by atoms with Crippen LogP contribution >= 0.6 is 0 Å². The van der Waals surface area contributed by atoms with Crippen molar-refractivity contribution >= 4 is 21.7 Å². The molecule has 2 rings (SSSR count). The van der Waals surface area contributed by atoms with E-state index in [2.05, 4.69) is 4.72 Å². The van der Waals surface area contributed by atoms with E-state index < -0.39 is 27.4 Å². The molecule has 0 amide bonds. The first-order chi connectivity index (χ1) is 10.3. The van der Waals surface area contributed by atoms with Gasteiger partial charge in [-0.15, -0.1) is 0 Å². The Bertz CT molecular complexity index is 802. The molecule has 0 aliphatic heterocycles. The van der Waals surface area contributed by atoms with Gasteiger partial charge in [0.05, 0.1) is 17.6 Å². The van der Waals surface area contributed by atoms with Crippen LogP contribution in [0.3, 0.4) is 0 Å². The van der Waals surface area contributed by atoms with E-state index in [1.807, 2.05) is 0 Å². The molecule has 2 aromatic rings. The summed E-state index contributed by atoms with van der Waals surface area (Å²) in [5.74, 6) is -1.93. The first-order valence-electron chi connectivity index (χ1n) is 6.03. The smallest absolute Gasteiger partial charge is 0.338 e. The molecule has 0 spiro atoms. The van der Waals surface area contributed by atoms with Gasteiger partial charge in [-0.25, -0.2) is 17.6 Å². The summed E-state index contributed by atoms with van der Waals surface area (Å²) in [6.45, 7) is 0. The van der Waals surface area contributed by atoms with Crippen LogP contribution in [-0.2, 0) is 10.0 Å². The number of nitrogens with one attached hydrogen (secondary N) is 1. The van der Waals surface area contributed by atoms with Gasteiger partial charge in [0.2, 0.25) is 0 Å². The molecule has 0 radical (unpaired) electrons. The quantitative estimate of drug-likeness (QED) is 0.880. The molecule has 2 N–H and O–H groups in total. The zero-order valence-corrected chi connectivity index (χ0v) is 12.2. The Hall–Kier alpha value is -2.61. The van der Waals surface area contributed by atoms with Gasteiger partial charge in [0.15, 0.2) is 0 Å². The maximum absolute atomic E-state index is 13.3. The minimum Gasteiger partial charge on any atom is -0.497 e. The van der Waals surface area contributed by atoms with Gasteiger partial charge in [-0.3, -0.25) is 4.72 Å². The molecule has 0 fully saturated rings. The lowest BCUT2D eigenvalue weighted by molar-refractivity contribution is 0.0692. The predicted octanol–water partition coefficient (Wildman–Crippen LogP) is 2.33. The Morgan fingerprint density at radius 1 is 1.18 bits per heavy atom. The van der Waals surface area contributed by atoms with Gasteiger partial charge in [0.25, 0.3) is 10.0 Å². The standard InChI is InChI=1S/C14H12FNO5S/c1-21-10-3-5-11(6-4-10)22(19,20)16-9-2-7-13(15)12(8-9)14(17)18/h2-8,16H,1H3,(H,17,18). The normalized spacial score (nSPS) is 11.0. The van der Waals surface area contributed by atoms with Gasteiger partial charge in [-0.2, -0.15) is 0 Å². The molecular formula is C14H12FNO5S. The Morgan fingerprint density at radius 2 is 1.82 bits per heavy atom. The Kier molecular flexibility index (Phi) is 4.32. The molecule has 22 heavy (non-hydrogen) atoms. The molecule has 8 heteroatoms. The van der Waals surface area contributed by atoms with Crippen LogP contribution in [0.25, 0.3) is 0 Å². The maximum Gasteiger partial charge on any atom is 0.338 e. The largest absolute Gasteiger partial charge is 0.497 e. The van der Waals surface area contributed by atoms with Crippen LogP contribution in [-0.4, -0.2) is 26.6 Å². The number of rotatable bonds is 5. The van der Waals surface area contributed by atoms with Crippen molar-refractivity contribution in [1.82, 2.24) is 0 Å². The second-order valence-corrected chi connectivity index (χ2v) is 5.96. The van der Waals surface area contributed by atoms with Crippen LogP contribution in [0.15, 0.2) is 47.4 Å². The fraction of sp³-hybridized carbons (Fsp3) is 0.0714.